The largest absolute Gasteiger partial charge is 0.445 e. The van der Waals surface area contributed by atoms with Crippen molar-refractivity contribution >= 4 is 34.6 Å². The molecule has 10 nitrogen and oxygen atoms in total. The lowest BCUT2D eigenvalue weighted by Crippen LogP contribution is -2.57. The lowest BCUT2D eigenvalue weighted by Gasteiger charge is -2.36. The van der Waals surface area contributed by atoms with Crippen LogP contribution in [0, 0.1) is 11.7 Å². The molecule has 0 radical (unpaired) electrons. The van der Waals surface area contributed by atoms with E-state index in [1.807, 2.05) is 30.3 Å². The highest BCUT2D eigenvalue weighted by molar-refractivity contribution is 6.00. The summed E-state index contributed by atoms with van der Waals surface area (Å²) in [6, 6.07) is 10.8. The van der Waals surface area contributed by atoms with E-state index < -0.39 is 36.2 Å². The molecule has 2 aliphatic heterocycles. The van der Waals surface area contributed by atoms with Crippen LogP contribution in [0.15, 0.2) is 54.7 Å². The van der Waals surface area contributed by atoms with Crippen LogP contribution in [0.25, 0.3) is 10.9 Å². The lowest BCUT2D eigenvalue weighted by atomic mass is 9.82. The minimum Gasteiger partial charge on any atom is -0.445 e. The number of likely N-dealkylation sites (N-methyl/N-ethyl adjacent to an activating group) is 1. The maximum Gasteiger partial charge on any atom is 0.410 e. The van der Waals surface area contributed by atoms with Crippen LogP contribution in [0.1, 0.15) is 56.1 Å². The third-order valence-corrected chi connectivity index (χ3v) is 9.79. The van der Waals surface area contributed by atoms with E-state index >= 15 is 0 Å². The third-order valence-electron chi connectivity index (χ3n) is 9.79. The molecular formula is C34H40FN5O5. The molecule has 3 aromatic rings. The predicted octanol–water partition coefficient (Wildman–Crippen LogP) is 3.86. The molecule has 0 spiro atoms. The first-order chi connectivity index (χ1) is 21.8. The summed E-state index contributed by atoms with van der Waals surface area (Å²) < 4.78 is 19.8. The van der Waals surface area contributed by atoms with Gasteiger partial charge in [-0.25, -0.2) is 9.18 Å². The van der Waals surface area contributed by atoms with Gasteiger partial charge in [-0.05, 0) is 62.1 Å². The molecule has 5 atom stereocenters. The van der Waals surface area contributed by atoms with Gasteiger partial charge in [0.25, 0.3) is 0 Å². The number of Topliss-reactive ketones (excluding diaryl/α,β-unsaturated/α-hetero) is 1. The number of benzene rings is 2. The van der Waals surface area contributed by atoms with Crippen LogP contribution in [-0.2, 0) is 25.7 Å². The van der Waals surface area contributed by atoms with Crippen molar-refractivity contribution in [3.63, 3.8) is 0 Å². The number of carbonyl (C=O) groups is 4. The Morgan fingerprint density at radius 3 is 2.56 bits per heavy atom. The number of carbonyl (C=O) groups excluding carboxylic acids is 4. The summed E-state index contributed by atoms with van der Waals surface area (Å²) in [7, 11) is 1.69. The van der Waals surface area contributed by atoms with Crippen molar-refractivity contribution in [3.8, 4) is 0 Å². The number of aromatic nitrogens is 1. The molecule has 3 aliphatic rings. The average molecular weight is 618 g/mol. The van der Waals surface area contributed by atoms with Crippen LogP contribution < -0.4 is 10.6 Å². The zero-order valence-corrected chi connectivity index (χ0v) is 25.6. The number of fused-ring (bicyclic) bond motifs is 2. The van der Waals surface area contributed by atoms with E-state index in [1.165, 1.54) is 17.0 Å². The van der Waals surface area contributed by atoms with Gasteiger partial charge in [0.1, 0.15) is 24.5 Å². The van der Waals surface area contributed by atoms with Crippen molar-refractivity contribution in [3.05, 3.63) is 71.7 Å². The van der Waals surface area contributed by atoms with Crippen molar-refractivity contribution in [1.82, 2.24) is 25.4 Å². The van der Waals surface area contributed by atoms with E-state index in [4.69, 9.17) is 4.74 Å². The number of H-pyrrole nitrogens is 1. The number of nitrogens with one attached hydrogen (secondary N) is 3. The van der Waals surface area contributed by atoms with Crippen LogP contribution in [0.2, 0.25) is 0 Å². The highest BCUT2D eigenvalue weighted by Gasteiger charge is 2.58. The van der Waals surface area contributed by atoms with Gasteiger partial charge in [-0.1, -0.05) is 49.6 Å². The molecule has 45 heavy (non-hydrogen) atoms. The molecule has 1 aromatic heterocycles. The number of nitrogens with zero attached hydrogens (tertiary/aromatic N) is 2. The van der Waals surface area contributed by atoms with Gasteiger partial charge in [-0.2, -0.15) is 0 Å². The molecule has 3 N–H and O–H groups in total. The SMILES string of the molecule is CNC(C)C(=O)NC(C(=O)N1CC(=O)C2C1[C@@H](c1c[nH]c3cc(F)ccc13)CN2C(=O)OCc1ccccc1)C1CCCCC1. The summed E-state index contributed by atoms with van der Waals surface area (Å²) in [5, 5.41) is 6.70. The molecule has 2 saturated heterocycles. The number of rotatable bonds is 8. The number of hydrogen-bond donors (Lipinski definition) is 3. The standard InChI is InChI=1S/C34H40FN5O5/c1-20(36-2)32(42)38-29(22-11-7-4-8-12-22)33(43)39-18-28(41)31-30(39)26(25-16-37-27-15-23(35)13-14-24(25)27)17-40(31)34(44)45-19-21-9-5-3-6-10-21/h3,5-6,9-10,13-16,20,22,26,29-31,36-37H,4,7-8,11-12,17-19H2,1-2H3,(H,38,42)/t20?,26-,29?,30?,31?/m1/s1. The lowest BCUT2D eigenvalue weighted by molar-refractivity contribution is -0.140. The molecule has 2 aromatic carbocycles. The molecule has 0 bridgehead atoms. The van der Waals surface area contributed by atoms with Crippen LogP contribution in [0.4, 0.5) is 9.18 Å². The zero-order chi connectivity index (χ0) is 31.7. The first kappa shape index (κ1) is 30.8. The normalized spacial score (nSPS) is 23.2. The first-order valence-corrected chi connectivity index (χ1v) is 15.8. The topological polar surface area (TPSA) is 124 Å². The van der Waals surface area contributed by atoms with E-state index in [0.717, 1.165) is 48.6 Å². The zero-order valence-electron chi connectivity index (χ0n) is 25.6. The van der Waals surface area contributed by atoms with E-state index in [9.17, 15) is 23.6 Å². The Kier molecular flexibility index (Phi) is 8.89. The van der Waals surface area contributed by atoms with E-state index in [0.29, 0.717) is 5.52 Å². The van der Waals surface area contributed by atoms with Crippen molar-refractivity contribution in [2.45, 2.75) is 75.7 Å². The van der Waals surface area contributed by atoms with Gasteiger partial charge in [0, 0.05) is 29.6 Å². The molecule has 6 rings (SSSR count). The molecule has 4 unspecified atom stereocenters. The molecule has 1 aliphatic carbocycles. The third kappa shape index (κ3) is 6.05. The number of amides is 3. The van der Waals surface area contributed by atoms with Gasteiger partial charge < -0.3 is 25.3 Å². The second-order valence-electron chi connectivity index (χ2n) is 12.5. The monoisotopic (exact) mass is 617 g/mol. The summed E-state index contributed by atoms with van der Waals surface area (Å²) in [5.74, 6) is -1.74. The molecule has 11 heteroatoms. The Labute approximate surface area is 261 Å². The van der Waals surface area contributed by atoms with Crippen molar-refractivity contribution in [1.29, 1.82) is 0 Å². The van der Waals surface area contributed by atoms with Crippen molar-refractivity contribution in [2.24, 2.45) is 5.92 Å². The quantitative estimate of drug-likeness (QED) is 0.353. The fraction of sp³-hybridized carbons (Fsp3) is 0.471. The number of ether oxygens (including phenoxy) is 1. The highest BCUT2D eigenvalue weighted by atomic mass is 19.1. The summed E-state index contributed by atoms with van der Waals surface area (Å²) >= 11 is 0. The van der Waals surface area contributed by atoms with Gasteiger partial charge >= 0.3 is 6.09 Å². The Hall–Kier alpha value is -4.25. The summed E-state index contributed by atoms with van der Waals surface area (Å²) in [4.78, 5) is 61.1. The maximum atomic E-state index is 14.5. The van der Waals surface area contributed by atoms with Gasteiger partial charge in [-0.3, -0.25) is 19.3 Å². The highest BCUT2D eigenvalue weighted by Crippen LogP contribution is 2.43. The summed E-state index contributed by atoms with van der Waals surface area (Å²) in [5.41, 5.74) is 2.18. The fourth-order valence-electron chi connectivity index (χ4n) is 7.32. The predicted molar refractivity (Wildman–Crippen MR) is 166 cm³/mol. The summed E-state index contributed by atoms with van der Waals surface area (Å²) in [6.45, 7) is 1.74. The number of likely N-dealkylation sites (tertiary alicyclic amines) is 2. The first-order valence-electron chi connectivity index (χ1n) is 15.8. The van der Waals surface area contributed by atoms with Gasteiger partial charge in [0.05, 0.1) is 18.6 Å². The van der Waals surface area contributed by atoms with Crippen molar-refractivity contribution < 1.29 is 28.3 Å². The van der Waals surface area contributed by atoms with Gasteiger partial charge in [0.15, 0.2) is 5.78 Å². The molecule has 1 saturated carbocycles. The number of hydrogen-bond acceptors (Lipinski definition) is 6. The van der Waals surface area contributed by atoms with Crippen molar-refractivity contribution in [2.75, 3.05) is 20.1 Å². The fourth-order valence-corrected chi connectivity index (χ4v) is 7.32. The smallest absolute Gasteiger partial charge is 0.410 e. The Morgan fingerprint density at radius 2 is 1.82 bits per heavy atom. The maximum absolute atomic E-state index is 14.5. The van der Waals surface area contributed by atoms with Gasteiger partial charge in [-0.15, -0.1) is 0 Å². The molecule has 3 heterocycles. The Bertz CT molecular complexity index is 1570. The van der Waals surface area contributed by atoms with Crippen LogP contribution >= 0.6 is 0 Å². The Morgan fingerprint density at radius 1 is 1.07 bits per heavy atom. The molecule has 238 valence electrons. The van der Waals surface area contributed by atoms with E-state index in [1.54, 1.807) is 31.1 Å². The number of ketones is 1. The van der Waals surface area contributed by atoms with Crippen LogP contribution in [0.5, 0.6) is 0 Å². The number of aromatic amines is 1. The second-order valence-corrected chi connectivity index (χ2v) is 12.5. The molecule has 3 fully saturated rings. The minimum atomic E-state index is -0.911. The second kappa shape index (κ2) is 13.0. The molecule has 3 amide bonds. The van der Waals surface area contributed by atoms with Crippen LogP contribution in [0.3, 0.4) is 0 Å². The average Bonchev–Trinajstić information content (AvgIpc) is 3.75. The molecular weight excluding hydrogens is 577 g/mol. The van der Waals surface area contributed by atoms with Crippen LogP contribution in [-0.4, -0.2) is 82.8 Å². The number of halogens is 1. The van der Waals surface area contributed by atoms with E-state index in [2.05, 4.69) is 15.6 Å². The minimum absolute atomic E-state index is 0.0425. The van der Waals surface area contributed by atoms with E-state index in [-0.39, 0.29) is 49.0 Å². The summed E-state index contributed by atoms with van der Waals surface area (Å²) in [6.07, 6.45) is 5.74. The Balaban J connectivity index is 1.34. The van der Waals surface area contributed by atoms with Gasteiger partial charge in [0.2, 0.25) is 11.8 Å².